The molecule has 1 saturated carbocycles. The first-order chi connectivity index (χ1) is 11.0. The van der Waals surface area contributed by atoms with Crippen LogP contribution in [0.3, 0.4) is 0 Å². The number of aliphatic hydroxyl groups is 1. The van der Waals surface area contributed by atoms with Gasteiger partial charge in [0, 0.05) is 30.6 Å². The number of likely N-dealkylation sites (tertiary alicyclic amines) is 1. The van der Waals surface area contributed by atoms with Gasteiger partial charge in [0.1, 0.15) is 12.2 Å². The molecule has 0 radical (unpaired) electrons. The van der Waals surface area contributed by atoms with Crippen LogP contribution in [0.4, 0.5) is 0 Å². The van der Waals surface area contributed by atoms with E-state index >= 15 is 0 Å². The van der Waals surface area contributed by atoms with Crippen molar-refractivity contribution in [3.05, 3.63) is 23.3 Å². The monoisotopic (exact) mass is 317 g/mol. The number of ether oxygens (including phenoxy) is 2. The lowest BCUT2D eigenvalue weighted by Crippen LogP contribution is -2.62. The van der Waals surface area contributed by atoms with Crippen molar-refractivity contribution in [2.75, 3.05) is 20.7 Å². The fraction of sp³-hybridized carbons (Fsp3) is 0.722. The van der Waals surface area contributed by atoms with Crippen molar-refractivity contribution in [3.63, 3.8) is 0 Å². The summed E-state index contributed by atoms with van der Waals surface area (Å²) in [5.41, 5.74) is 1.80. The number of ketones is 1. The average molecular weight is 317 g/mol. The molecule has 5 rings (SSSR count). The van der Waals surface area contributed by atoms with E-state index in [1.807, 2.05) is 6.08 Å². The molecule has 2 unspecified atom stereocenters. The smallest absolute Gasteiger partial charge is 0.221 e. The van der Waals surface area contributed by atoms with Gasteiger partial charge in [0.15, 0.2) is 5.78 Å². The molecule has 5 aliphatic rings. The molecule has 1 N–H and O–H groups in total. The Labute approximate surface area is 135 Å². The predicted octanol–water partition coefficient (Wildman–Crippen LogP) is 1.03. The largest absolute Gasteiger partial charge is 0.371 e. The Balaban J connectivity index is 1.77. The molecule has 2 bridgehead atoms. The Morgan fingerprint density at radius 3 is 3.09 bits per heavy atom. The Morgan fingerprint density at radius 1 is 1.48 bits per heavy atom. The number of piperidine rings is 1. The zero-order valence-corrected chi connectivity index (χ0v) is 13.6. The van der Waals surface area contributed by atoms with Crippen molar-refractivity contribution in [1.82, 2.24) is 4.90 Å². The van der Waals surface area contributed by atoms with Crippen molar-refractivity contribution < 1.29 is 19.4 Å². The number of hydrogen-bond acceptors (Lipinski definition) is 5. The summed E-state index contributed by atoms with van der Waals surface area (Å²) in [4.78, 5) is 15.1. The molecule has 5 nitrogen and oxygen atoms in total. The Morgan fingerprint density at radius 2 is 2.30 bits per heavy atom. The van der Waals surface area contributed by atoms with Crippen molar-refractivity contribution in [3.8, 4) is 0 Å². The fourth-order valence-corrected chi connectivity index (χ4v) is 6.13. The van der Waals surface area contributed by atoms with Gasteiger partial charge in [-0.1, -0.05) is 6.08 Å². The summed E-state index contributed by atoms with van der Waals surface area (Å²) in [5.74, 6) is -0.931. The van der Waals surface area contributed by atoms with Crippen LogP contribution in [0.2, 0.25) is 0 Å². The van der Waals surface area contributed by atoms with Gasteiger partial charge >= 0.3 is 0 Å². The van der Waals surface area contributed by atoms with Gasteiger partial charge in [-0.15, -0.1) is 0 Å². The van der Waals surface area contributed by atoms with E-state index in [0.29, 0.717) is 18.4 Å². The van der Waals surface area contributed by atoms with Crippen LogP contribution in [-0.4, -0.2) is 60.5 Å². The maximum absolute atomic E-state index is 12.7. The molecule has 3 fully saturated rings. The van der Waals surface area contributed by atoms with Crippen LogP contribution in [0.25, 0.3) is 0 Å². The lowest BCUT2D eigenvalue weighted by atomic mass is 9.50. The quantitative estimate of drug-likeness (QED) is 0.783. The molecule has 2 saturated heterocycles. The highest BCUT2D eigenvalue weighted by molar-refractivity contribution is 5.87. The zero-order valence-electron chi connectivity index (χ0n) is 13.6. The second-order valence-corrected chi connectivity index (χ2v) is 7.76. The Bertz CT molecular complexity index is 655. The fourth-order valence-electron chi connectivity index (χ4n) is 6.13. The number of hydrogen-bond donors (Lipinski definition) is 1. The number of nitrogens with zero attached hydrogens (tertiary/aromatic N) is 1. The first-order valence-electron chi connectivity index (χ1n) is 8.60. The van der Waals surface area contributed by atoms with Crippen LogP contribution in [0.5, 0.6) is 0 Å². The number of methoxy groups -OCH3 is 1. The van der Waals surface area contributed by atoms with Crippen LogP contribution in [0.1, 0.15) is 25.7 Å². The third-order valence-electron chi connectivity index (χ3n) is 7.02. The minimum Gasteiger partial charge on any atom is -0.371 e. The highest BCUT2D eigenvalue weighted by Gasteiger charge is 2.72. The van der Waals surface area contributed by atoms with Crippen LogP contribution < -0.4 is 0 Å². The van der Waals surface area contributed by atoms with Gasteiger partial charge in [-0.3, -0.25) is 4.79 Å². The molecular formula is C18H23NO4. The Hall–Kier alpha value is -1.01. The molecule has 3 aliphatic carbocycles. The standard InChI is InChI=1S/C18H23NO4/c1-19-8-7-17-11-4-5-13(20)16(17)23-18(21)14(22-2)6-3-10(15(17)18)9-12(11)19/h3,6,11-12,14,16,21H,4-5,7-9H2,1-2H3/t11-,12+,14?,16-,17-,18?/m0/s1. The molecule has 23 heavy (non-hydrogen) atoms. The molecule has 0 aromatic carbocycles. The first kappa shape index (κ1) is 14.3. The lowest BCUT2D eigenvalue weighted by Gasteiger charge is -2.58. The predicted molar refractivity (Wildman–Crippen MR) is 82.6 cm³/mol. The van der Waals surface area contributed by atoms with Crippen molar-refractivity contribution in [2.45, 2.75) is 49.7 Å². The van der Waals surface area contributed by atoms with E-state index in [4.69, 9.17) is 9.47 Å². The minimum atomic E-state index is -1.47. The van der Waals surface area contributed by atoms with Gasteiger partial charge < -0.3 is 19.5 Å². The summed E-state index contributed by atoms with van der Waals surface area (Å²) >= 11 is 0. The normalized spacial score (nSPS) is 51.2. The van der Waals surface area contributed by atoms with Crippen LogP contribution >= 0.6 is 0 Å². The minimum absolute atomic E-state index is 0.149. The number of allylic oxidation sites excluding steroid dienone is 1. The first-order valence-corrected chi connectivity index (χ1v) is 8.60. The molecular weight excluding hydrogens is 294 g/mol. The average Bonchev–Trinajstić information content (AvgIpc) is 2.82. The van der Waals surface area contributed by atoms with Crippen LogP contribution in [-0.2, 0) is 14.3 Å². The summed E-state index contributed by atoms with van der Waals surface area (Å²) in [6, 6.07) is 0.438. The lowest BCUT2D eigenvalue weighted by molar-refractivity contribution is -0.225. The van der Waals surface area contributed by atoms with Gasteiger partial charge in [0.25, 0.3) is 0 Å². The topological polar surface area (TPSA) is 59.0 Å². The number of carbonyl (C=O) groups is 1. The molecule has 2 heterocycles. The van der Waals surface area contributed by atoms with Gasteiger partial charge in [-0.05, 0) is 50.4 Å². The molecule has 124 valence electrons. The van der Waals surface area contributed by atoms with E-state index in [0.717, 1.165) is 37.0 Å². The van der Waals surface area contributed by atoms with Gasteiger partial charge in [-0.25, -0.2) is 0 Å². The SMILES string of the molecule is COC1C=CC2=C3C1(O)O[C@H]1C(=O)CC[C@H]4[C@@H](C2)N(C)CC[C@]314. The van der Waals surface area contributed by atoms with Gasteiger partial charge in [0.2, 0.25) is 5.79 Å². The second-order valence-electron chi connectivity index (χ2n) is 7.76. The zero-order chi connectivity index (χ0) is 16.0. The van der Waals surface area contributed by atoms with E-state index in [2.05, 4.69) is 18.0 Å². The third kappa shape index (κ3) is 1.46. The maximum atomic E-state index is 12.7. The number of Topliss-reactive ketones (excluding diaryl/α,β-unsaturated/α-hetero) is 1. The third-order valence-corrected chi connectivity index (χ3v) is 7.02. The second kappa shape index (κ2) is 4.33. The van der Waals surface area contributed by atoms with E-state index in [1.165, 1.54) is 0 Å². The summed E-state index contributed by atoms with van der Waals surface area (Å²) in [5, 5.41) is 11.4. The summed E-state index contributed by atoms with van der Waals surface area (Å²) < 4.78 is 11.6. The summed E-state index contributed by atoms with van der Waals surface area (Å²) in [6.07, 6.45) is 6.20. The van der Waals surface area contributed by atoms with Gasteiger partial charge in [-0.2, -0.15) is 0 Å². The van der Waals surface area contributed by atoms with E-state index in [1.54, 1.807) is 7.11 Å². The molecule has 6 atom stereocenters. The van der Waals surface area contributed by atoms with E-state index in [9.17, 15) is 9.90 Å². The summed E-state index contributed by atoms with van der Waals surface area (Å²) in [6.45, 7) is 0.947. The number of rotatable bonds is 1. The highest BCUT2D eigenvalue weighted by atomic mass is 16.7. The molecule has 0 aromatic heterocycles. The molecule has 0 amide bonds. The molecule has 0 aromatic rings. The van der Waals surface area contributed by atoms with Crippen LogP contribution in [0.15, 0.2) is 23.3 Å². The molecule has 5 heteroatoms. The van der Waals surface area contributed by atoms with Crippen molar-refractivity contribution in [2.24, 2.45) is 11.3 Å². The molecule has 1 spiro atoms. The molecule has 2 aliphatic heterocycles. The number of carbonyl (C=O) groups excluding carboxylic acids is 1. The van der Waals surface area contributed by atoms with Crippen molar-refractivity contribution in [1.29, 1.82) is 0 Å². The maximum Gasteiger partial charge on any atom is 0.221 e. The Kier molecular flexibility index (Phi) is 2.70. The highest BCUT2D eigenvalue weighted by Crippen LogP contribution is 2.66. The van der Waals surface area contributed by atoms with Crippen LogP contribution in [0, 0.1) is 11.3 Å². The van der Waals surface area contributed by atoms with E-state index < -0.39 is 18.0 Å². The van der Waals surface area contributed by atoms with Crippen molar-refractivity contribution >= 4 is 5.78 Å². The van der Waals surface area contributed by atoms with E-state index in [-0.39, 0.29) is 11.2 Å². The summed E-state index contributed by atoms with van der Waals surface area (Å²) in [7, 11) is 3.77. The van der Waals surface area contributed by atoms with Gasteiger partial charge in [0.05, 0.1) is 0 Å².